The molecule has 0 saturated carbocycles. The number of nitrogens with one attached hydrogen (secondary N) is 1. The van der Waals surface area contributed by atoms with Crippen molar-refractivity contribution in [2.45, 2.75) is 26.3 Å². The highest BCUT2D eigenvalue weighted by molar-refractivity contribution is 5.81. The fraction of sp³-hybridized carbons (Fsp3) is 0.417. The van der Waals surface area contributed by atoms with Gasteiger partial charge >= 0.3 is 0 Å². The molecule has 1 aromatic rings. The fourth-order valence-corrected chi connectivity index (χ4v) is 1.36. The quantitative estimate of drug-likeness (QED) is 0.836. The molecule has 0 saturated heterocycles. The molecule has 0 spiro atoms. The van der Waals surface area contributed by atoms with Gasteiger partial charge in [0.1, 0.15) is 5.92 Å². The molecule has 16 heavy (non-hydrogen) atoms. The summed E-state index contributed by atoms with van der Waals surface area (Å²) in [6.07, 6.45) is 2.21. The van der Waals surface area contributed by atoms with Crippen LogP contribution in [-0.2, 0) is 4.79 Å². The minimum absolute atomic E-state index is 0.170. The van der Waals surface area contributed by atoms with Crippen LogP contribution in [0.3, 0.4) is 0 Å². The lowest BCUT2D eigenvalue weighted by atomic mass is 10.1. The number of carbonyl (C=O) groups is 1. The first-order chi connectivity index (χ1) is 7.69. The lowest BCUT2D eigenvalue weighted by Gasteiger charge is -2.14. The molecule has 1 amide bonds. The van der Waals surface area contributed by atoms with E-state index < -0.39 is 5.92 Å². The maximum Gasteiger partial charge on any atom is 0.237 e. The molecule has 0 radical (unpaired) electrons. The van der Waals surface area contributed by atoms with Crippen LogP contribution in [0.25, 0.3) is 0 Å². The van der Waals surface area contributed by atoms with E-state index in [9.17, 15) is 4.79 Å². The van der Waals surface area contributed by atoms with Crippen molar-refractivity contribution >= 4 is 5.91 Å². The molecule has 1 heterocycles. The summed E-state index contributed by atoms with van der Waals surface area (Å²) in [5.74, 6) is -0.811. The first kappa shape index (κ1) is 12.2. The molecule has 0 bridgehead atoms. The van der Waals surface area contributed by atoms with Crippen molar-refractivity contribution in [3.8, 4) is 6.07 Å². The molecule has 84 valence electrons. The van der Waals surface area contributed by atoms with Crippen molar-refractivity contribution in [3.05, 3.63) is 30.1 Å². The van der Waals surface area contributed by atoms with Crippen LogP contribution < -0.4 is 5.32 Å². The van der Waals surface area contributed by atoms with Gasteiger partial charge in [0.25, 0.3) is 0 Å². The fourth-order valence-electron chi connectivity index (χ4n) is 1.36. The predicted molar refractivity (Wildman–Crippen MR) is 60.2 cm³/mol. The Morgan fingerprint density at radius 2 is 2.38 bits per heavy atom. The zero-order valence-electron chi connectivity index (χ0n) is 9.47. The van der Waals surface area contributed by atoms with Crippen LogP contribution in [-0.4, -0.2) is 10.9 Å². The van der Waals surface area contributed by atoms with E-state index in [0.29, 0.717) is 6.42 Å². The summed E-state index contributed by atoms with van der Waals surface area (Å²) in [6, 6.07) is 7.34. The molecule has 2 atom stereocenters. The summed E-state index contributed by atoms with van der Waals surface area (Å²) in [5.41, 5.74) is 0.795. The van der Waals surface area contributed by atoms with Gasteiger partial charge < -0.3 is 5.32 Å². The molecule has 1 aromatic heterocycles. The molecule has 0 fully saturated rings. The summed E-state index contributed by atoms with van der Waals surface area (Å²) in [4.78, 5) is 15.8. The third kappa shape index (κ3) is 3.06. The number of aromatic nitrogens is 1. The van der Waals surface area contributed by atoms with Gasteiger partial charge in [-0.3, -0.25) is 9.78 Å². The van der Waals surface area contributed by atoms with E-state index in [2.05, 4.69) is 10.3 Å². The minimum Gasteiger partial charge on any atom is -0.347 e. The average molecular weight is 217 g/mol. The Kier molecular flexibility index (Phi) is 4.46. The summed E-state index contributed by atoms with van der Waals surface area (Å²) < 4.78 is 0. The molecule has 4 nitrogen and oxygen atoms in total. The van der Waals surface area contributed by atoms with Crippen LogP contribution in [0.4, 0.5) is 0 Å². The zero-order valence-corrected chi connectivity index (χ0v) is 9.47. The highest BCUT2D eigenvalue weighted by atomic mass is 16.1. The number of carbonyl (C=O) groups excluding carboxylic acids is 1. The van der Waals surface area contributed by atoms with Crippen LogP contribution in [0, 0.1) is 17.2 Å². The molecule has 1 N–H and O–H groups in total. The number of amides is 1. The van der Waals surface area contributed by atoms with Gasteiger partial charge in [0, 0.05) is 6.20 Å². The van der Waals surface area contributed by atoms with Crippen LogP contribution >= 0.6 is 0 Å². The second-order valence-electron chi connectivity index (χ2n) is 3.57. The van der Waals surface area contributed by atoms with Crippen molar-refractivity contribution in [3.63, 3.8) is 0 Å². The normalized spacial score (nSPS) is 13.6. The van der Waals surface area contributed by atoms with Crippen molar-refractivity contribution in [2.24, 2.45) is 5.92 Å². The second-order valence-corrected chi connectivity index (χ2v) is 3.57. The number of hydrogen-bond acceptors (Lipinski definition) is 3. The topological polar surface area (TPSA) is 65.8 Å². The van der Waals surface area contributed by atoms with Gasteiger partial charge in [-0.15, -0.1) is 0 Å². The Labute approximate surface area is 95.3 Å². The van der Waals surface area contributed by atoms with Crippen molar-refractivity contribution in [1.82, 2.24) is 10.3 Å². The van der Waals surface area contributed by atoms with E-state index in [1.165, 1.54) is 0 Å². The lowest BCUT2D eigenvalue weighted by Crippen LogP contribution is -2.32. The first-order valence-corrected chi connectivity index (χ1v) is 5.30. The largest absolute Gasteiger partial charge is 0.347 e. The lowest BCUT2D eigenvalue weighted by molar-refractivity contribution is -0.124. The van der Waals surface area contributed by atoms with Gasteiger partial charge in [0.15, 0.2) is 0 Å². The van der Waals surface area contributed by atoms with Gasteiger partial charge in [-0.1, -0.05) is 13.0 Å². The maximum absolute atomic E-state index is 11.6. The smallest absolute Gasteiger partial charge is 0.237 e. The van der Waals surface area contributed by atoms with Gasteiger partial charge in [-0.2, -0.15) is 5.26 Å². The molecule has 1 rings (SSSR count). The molecule has 0 aliphatic heterocycles. The van der Waals surface area contributed by atoms with E-state index in [1.807, 2.05) is 38.1 Å². The number of nitriles is 1. The number of rotatable bonds is 4. The summed E-state index contributed by atoms with van der Waals surface area (Å²) in [7, 11) is 0. The third-order valence-corrected chi connectivity index (χ3v) is 2.37. The van der Waals surface area contributed by atoms with Gasteiger partial charge in [-0.05, 0) is 25.5 Å². The second kappa shape index (κ2) is 5.86. The Bertz CT molecular complexity index is 383. The third-order valence-electron chi connectivity index (χ3n) is 2.37. The Balaban J connectivity index is 2.62. The minimum atomic E-state index is -0.578. The number of hydrogen-bond donors (Lipinski definition) is 1. The van der Waals surface area contributed by atoms with Crippen LogP contribution in [0.1, 0.15) is 32.0 Å². The zero-order chi connectivity index (χ0) is 12.0. The van der Waals surface area contributed by atoms with Gasteiger partial charge in [0.05, 0.1) is 17.8 Å². The highest BCUT2D eigenvalue weighted by Crippen LogP contribution is 2.10. The monoisotopic (exact) mass is 217 g/mol. The molecule has 2 unspecified atom stereocenters. The van der Waals surface area contributed by atoms with Crippen molar-refractivity contribution in [2.75, 3.05) is 0 Å². The summed E-state index contributed by atoms with van der Waals surface area (Å²) in [6.45, 7) is 3.67. The summed E-state index contributed by atoms with van der Waals surface area (Å²) >= 11 is 0. The average Bonchev–Trinajstić information content (AvgIpc) is 2.31. The molecular formula is C12H15N3O. The van der Waals surface area contributed by atoms with Crippen molar-refractivity contribution < 1.29 is 4.79 Å². The SMILES string of the molecule is CCC(C#N)C(=O)NC(C)c1ccccn1. The molecule has 0 aromatic carbocycles. The van der Waals surface area contributed by atoms with E-state index >= 15 is 0 Å². The number of pyridine rings is 1. The van der Waals surface area contributed by atoms with E-state index in [1.54, 1.807) is 6.20 Å². The standard InChI is InChI=1S/C12H15N3O/c1-3-10(8-13)12(16)15-9(2)11-6-4-5-7-14-11/h4-7,9-10H,3H2,1-2H3,(H,15,16). The Hall–Kier alpha value is -1.89. The Morgan fingerprint density at radius 1 is 1.62 bits per heavy atom. The number of nitrogens with zero attached hydrogens (tertiary/aromatic N) is 2. The molecule has 4 heteroatoms. The van der Waals surface area contributed by atoms with Crippen LogP contribution in [0.15, 0.2) is 24.4 Å². The molecule has 0 aliphatic rings. The first-order valence-electron chi connectivity index (χ1n) is 5.30. The van der Waals surface area contributed by atoms with Crippen LogP contribution in [0.5, 0.6) is 0 Å². The van der Waals surface area contributed by atoms with E-state index in [0.717, 1.165) is 5.69 Å². The van der Waals surface area contributed by atoms with Crippen molar-refractivity contribution in [1.29, 1.82) is 5.26 Å². The highest BCUT2D eigenvalue weighted by Gasteiger charge is 2.18. The summed E-state index contributed by atoms with van der Waals surface area (Å²) in [5, 5.41) is 11.5. The Morgan fingerprint density at radius 3 is 2.88 bits per heavy atom. The maximum atomic E-state index is 11.6. The molecule has 0 aliphatic carbocycles. The van der Waals surface area contributed by atoms with E-state index in [4.69, 9.17) is 5.26 Å². The van der Waals surface area contributed by atoms with Crippen LogP contribution in [0.2, 0.25) is 0 Å². The van der Waals surface area contributed by atoms with Gasteiger partial charge in [0.2, 0.25) is 5.91 Å². The van der Waals surface area contributed by atoms with E-state index in [-0.39, 0.29) is 11.9 Å². The predicted octanol–water partition coefficient (Wildman–Crippen LogP) is 1.81. The molecular weight excluding hydrogens is 202 g/mol. The van der Waals surface area contributed by atoms with Gasteiger partial charge in [-0.25, -0.2) is 0 Å².